The van der Waals surface area contributed by atoms with Crippen molar-refractivity contribution in [3.8, 4) is 16.9 Å². The van der Waals surface area contributed by atoms with Gasteiger partial charge in [0.2, 0.25) is 0 Å². The fourth-order valence-electron chi connectivity index (χ4n) is 8.25. The van der Waals surface area contributed by atoms with Crippen molar-refractivity contribution in [1.82, 2.24) is 0 Å². The Labute approximate surface area is 331 Å². The van der Waals surface area contributed by atoms with E-state index in [1.165, 1.54) is 71.3 Å². The lowest BCUT2D eigenvalue weighted by molar-refractivity contribution is 0.447. The van der Waals surface area contributed by atoms with Crippen LogP contribution >= 0.6 is 0 Å². The Hall–Kier alpha value is -6.64. The molecule has 2 radical (unpaired) electrons. The SMILES string of the molecule is [B]c1ccc(C(/C=C\C(=C)c2c3ccccc3c(-c3cccc(C/C=C\C=C4/Cc5cc6cccc(C)c6cc5O4)c3)c3ccccc23)=C2\C=CC=CC2)cc1. The Balaban J connectivity index is 1.02. The van der Waals surface area contributed by atoms with Crippen LogP contribution in [0.5, 0.6) is 5.75 Å². The van der Waals surface area contributed by atoms with Crippen molar-refractivity contribution in [2.75, 3.05) is 0 Å². The average molecular weight is 717 g/mol. The van der Waals surface area contributed by atoms with Gasteiger partial charge in [-0.15, -0.1) is 0 Å². The van der Waals surface area contributed by atoms with E-state index in [4.69, 9.17) is 12.6 Å². The Morgan fingerprint density at radius 1 is 0.750 bits per heavy atom. The fraction of sp³-hybridized carbons (Fsp3) is 0.0741. The smallest absolute Gasteiger partial charge is 0.131 e. The Morgan fingerprint density at radius 3 is 2.25 bits per heavy atom. The van der Waals surface area contributed by atoms with Crippen molar-refractivity contribution in [2.24, 2.45) is 0 Å². The van der Waals surface area contributed by atoms with Crippen molar-refractivity contribution in [3.05, 3.63) is 228 Å². The van der Waals surface area contributed by atoms with E-state index in [9.17, 15) is 0 Å². The molecule has 0 saturated carbocycles. The van der Waals surface area contributed by atoms with Gasteiger partial charge in [-0.05, 0) is 120 Å². The summed E-state index contributed by atoms with van der Waals surface area (Å²) in [4.78, 5) is 0. The lowest BCUT2D eigenvalue weighted by Gasteiger charge is -2.18. The molecular formula is C54H41BO. The second kappa shape index (κ2) is 15.2. The van der Waals surface area contributed by atoms with Crippen LogP contribution in [0.4, 0.5) is 0 Å². The molecule has 1 nitrogen and oxygen atoms in total. The number of hydrogen-bond acceptors (Lipinski definition) is 1. The zero-order valence-electron chi connectivity index (χ0n) is 31.6. The van der Waals surface area contributed by atoms with E-state index in [2.05, 4.69) is 183 Å². The van der Waals surface area contributed by atoms with Crippen LogP contribution in [0.2, 0.25) is 0 Å². The molecule has 0 aromatic heterocycles. The molecular weight excluding hydrogens is 675 g/mol. The van der Waals surface area contributed by atoms with E-state index >= 15 is 0 Å². The van der Waals surface area contributed by atoms with Gasteiger partial charge >= 0.3 is 0 Å². The van der Waals surface area contributed by atoms with Gasteiger partial charge in [-0.3, -0.25) is 0 Å². The zero-order chi connectivity index (χ0) is 38.0. The number of hydrogen-bond donors (Lipinski definition) is 0. The van der Waals surface area contributed by atoms with Crippen LogP contribution in [0, 0.1) is 6.92 Å². The van der Waals surface area contributed by atoms with E-state index in [-0.39, 0.29) is 0 Å². The minimum Gasteiger partial charge on any atom is -0.461 e. The van der Waals surface area contributed by atoms with Gasteiger partial charge in [0.15, 0.2) is 0 Å². The lowest BCUT2D eigenvalue weighted by atomic mass is 9.85. The summed E-state index contributed by atoms with van der Waals surface area (Å²) in [5.41, 5.74) is 12.7. The van der Waals surface area contributed by atoms with E-state index in [1.54, 1.807) is 0 Å². The minimum atomic E-state index is 0.758. The summed E-state index contributed by atoms with van der Waals surface area (Å²) < 4.78 is 6.27. The first-order valence-electron chi connectivity index (χ1n) is 19.4. The normalized spacial score (nSPS) is 15.4. The maximum absolute atomic E-state index is 6.27. The molecule has 2 heteroatoms. The van der Waals surface area contributed by atoms with Gasteiger partial charge in [0.1, 0.15) is 19.4 Å². The third kappa shape index (κ3) is 6.91. The van der Waals surface area contributed by atoms with Crippen LogP contribution in [0.1, 0.15) is 34.2 Å². The summed E-state index contributed by atoms with van der Waals surface area (Å²) in [6.45, 7) is 6.84. The van der Waals surface area contributed by atoms with Crippen molar-refractivity contribution in [2.45, 2.75) is 26.2 Å². The summed E-state index contributed by atoms with van der Waals surface area (Å²) in [7, 11) is 6.07. The van der Waals surface area contributed by atoms with Crippen LogP contribution in [-0.2, 0) is 12.8 Å². The molecule has 0 amide bonds. The standard InChI is InChI=1S/C54H41BO/c1-36-14-12-19-41-33-43-34-45(56-52(43)35-51(36)41)21-7-6-15-38-16-13-20-42(32-38)54-49-24-10-8-22-47(49)53(48-23-9-11-25-50(48)54)37(2)26-31-46(39-17-4-3-5-18-39)40-27-29-44(55)30-28-40/h3-14,16-17,19-33,35H,2,15,18,34H2,1H3/b7-6-,31-26-,45-21+,46-39+. The largest absolute Gasteiger partial charge is 0.461 e. The molecule has 1 aliphatic carbocycles. The summed E-state index contributed by atoms with van der Waals surface area (Å²) in [5.74, 6) is 1.95. The third-order valence-corrected chi connectivity index (χ3v) is 11.0. The Morgan fingerprint density at radius 2 is 1.50 bits per heavy atom. The van der Waals surface area contributed by atoms with Crippen LogP contribution in [-0.4, -0.2) is 7.85 Å². The highest BCUT2D eigenvalue weighted by Crippen LogP contribution is 2.42. The molecule has 1 heterocycles. The summed E-state index contributed by atoms with van der Waals surface area (Å²) in [6, 6.07) is 45.6. The summed E-state index contributed by atoms with van der Waals surface area (Å²) >= 11 is 0. The van der Waals surface area contributed by atoms with E-state index < -0.39 is 0 Å². The van der Waals surface area contributed by atoms with E-state index in [0.29, 0.717) is 0 Å². The first-order chi connectivity index (χ1) is 27.5. The van der Waals surface area contributed by atoms with Crippen molar-refractivity contribution in [3.63, 3.8) is 0 Å². The Bertz CT molecular complexity index is 2820. The molecule has 1 aliphatic heterocycles. The highest BCUT2D eigenvalue weighted by Gasteiger charge is 2.19. The Kier molecular flexibility index (Phi) is 9.55. The number of ether oxygens (including phenoxy) is 1. The molecule has 0 unspecified atom stereocenters. The van der Waals surface area contributed by atoms with Gasteiger partial charge in [-0.2, -0.15) is 0 Å². The van der Waals surface area contributed by atoms with Gasteiger partial charge < -0.3 is 4.74 Å². The third-order valence-electron chi connectivity index (χ3n) is 11.0. The van der Waals surface area contributed by atoms with Crippen molar-refractivity contribution >= 4 is 56.8 Å². The van der Waals surface area contributed by atoms with Crippen LogP contribution in [0.15, 0.2) is 200 Å². The van der Waals surface area contributed by atoms with Crippen molar-refractivity contribution in [1.29, 1.82) is 0 Å². The second-order valence-corrected chi connectivity index (χ2v) is 14.8. The molecule has 266 valence electrons. The van der Waals surface area contributed by atoms with Crippen molar-refractivity contribution < 1.29 is 4.74 Å². The predicted octanol–water partition coefficient (Wildman–Crippen LogP) is 13.1. The van der Waals surface area contributed by atoms with Crippen LogP contribution < -0.4 is 10.2 Å². The topological polar surface area (TPSA) is 9.23 Å². The number of benzene rings is 7. The average Bonchev–Trinajstić information content (AvgIpc) is 3.63. The van der Waals surface area contributed by atoms with Crippen LogP contribution in [0.25, 0.3) is 54.6 Å². The quantitative estimate of drug-likeness (QED) is 0.0864. The monoisotopic (exact) mass is 716 g/mol. The molecule has 56 heavy (non-hydrogen) atoms. The summed E-state index contributed by atoms with van der Waals surface area (Å²) in [5, 5.41) is 7.33. The van der Waals surface area contributed by atoms with Gasteiger partial charge in [0.05, 0.1) is 0 Å². The van der Waals surface area contributed by atoms with E-state index in [0.717, 1.165) is 52.9 Å². The first-order valence-corrected chi connectivity index (χ1v) is 19.4. The molecule has 0 fully saturated rings. The highest BCUT2D eigenvalue weighted by atomic mass is 16.5. The summed E-state index contributed by atoms with van der Waals surface area (Å²) in [6.07, 6.45) is 22.0. The predicted molar refractivity (Wildman–Crippen MR) is 241 cm³/mol. The first kappa shape index (κ1) is 35.1. The van der Waals surface area contributed by atoms with Gasteiger partial charge in [0.25, 0.3) is 0 Å². The van der Waals surface area contributed by atoms with Gasteiger partial charge in [0, 0.05) is 12.0 Å². The molecule has 7 aromatic carbocycles. The van der Waals surface area contributed by atoms with Crippen LogP contribution in [0.3, 0.4) is 0 Å². The van der Waals surface area contributed by atoms with Gasteiger partial charge in [-0.25, -0.2) is 0 Å². The minimum absolute atomic E-state index is 0.758. The maximum atomic E-state index is 6.27. The fourth-order valence-corrected chi connectivity index (χ4v) is 8.25. The maximum Gasteiger partial charge on any atom is 0.131 e. The molecule has 2 aliphatic rings. The molecule has 7 aromatic rings. The molecule has 0 saturated heterocycles. The molecule has 9 rings (SSSR count). The lowest BCUT2D eigenvalue weighted by Crippen LogP contribution is -2.00. The number of allylic oxidation sites excluding steroid dienone is 13. The second-order valence-electron chi connectivity index (χ2n) is 14.8. The van der Waals surface area contributed by atoms with E-state index in [1.807, 2.05) is 12.1 Å². The molecule has 0 N–H and O–H groups in total. The molecule has 0 atom stereocenters. The zero-order valence-corrected chi connectivity index (χ0v) is 31.6. The number of rotatable bonds is 8. The molecule has 0 bridgehead atoms. The number of aryl methyl sites for hydroxylation is 1. The number of fused-ring (bicyclic) bond motifs is 4. The highest BCUT2D eigenvalue weighted by molar-refractivity contribution is 6.32. The van der Waals surface area contributed by atoms with Gasteiger partial charge in [-0.1, -0.05) is 176 Å². The molecule has 0 spiro atoms.